The minimum Gasteiger partial charge on any atom is -0.370 e. The van der Waals surface area contributed by atoms with Crippen LogP contribution in [0.5, 0.6) is 0 Å². The third-order valence-electron chi connectivity index (χ3n) is 2.07. The number of nitrogens with one attached hydrogen (secondary N) is 1. The van der Waals surface area contributed by atoms with Crippen LogP contribution in [-0.4, -0.2) is 20.4 Å². The smallest absolute Gasteiger partial charge is 0.240 e. The molecule has 0 saturated heterocycles. The van der Waals surface area contributed by atoms with Crippen molar-refractivity contribution >= 4 is 43.5 Å². The maximum atomic E-state index is 12.0. The van der Waals surface area contributed by atoms with E-state index in [1.165, 1.54) is 18.2 Å². The Bertz CT molecular complexity index is 562. The Hall–Kier alpha value is -0.630. The van der Waals surface area contributed by atoms with E-state index in [2.05, 4.69) is 20.7 Å². The quantitative estimate of drug-likeness (QED) is 0.841. The predicted octanol–water partition coefficient (Wildman–Crippen LogP) is 1.64. The molecule has 1 atom stereocenters. The number of amides is 1. The largest absolute Gasteiger partial charge is 0.370 e. The zero-order valence-electron chi connectivity index (χ0n) is 9.48. The monoisotopic (exact) mass is 354 g/mol. The second-order valence-corrected chi connectivity index (χ2v) is 6.74. The van der Waals surface area contributed by atoms with Crippen molar-refractivity contribution < 1.29 is 13.2 Å². The highest BCUT2D eigenvalue weighted by Crippen LogP contribution is 2.25. The molecule has 0 heterocycles. The molecule has 100 valence electrons. The van der Waals surface area contributed by atoms with Gasteiger partial charge in [0.1, 0.15) is 0 Å². The van der Waals surface area contributed by atoms with Gasteiger partial charge < -0.3 is 5.73 Å². The molecule has 0 aliphatic rings. The van der Waals surface area contributed by atoms with E-state index in [-0.39, 0.29) is 11.3 Å². The highest BCUT2D eigenvalue weighted by Gasteiger charge is 2.19. The van der Waals surface area contributed by atoms with Crippen LogP contribution in [0.1, 0.15) is 13.3 Å². The van der Waals surface area contributed by atoms with Gasteiger partial charge in [-0.05, 0) is 41.1 Å². The van der Waals surface area contributed by atoms with E-state index >= 15 is 0 Å². The molecule has 1 unspecified atom stereocenters. The summed E-state index contributed by atoms with van der Waals surface area (Å²) in [5.74, 6) is -0.567. The van der Waals surface area contributed by atoms with Crippen LogP contribution in [0.25, 0.3) is 0 Å². The van der Waals surface area contributed by atoms with Crippen molar-refractivity contribution in [2.45, 2.75) is 24.3 Å². The fourth-order valence-corrected chi connectivity index (χ4v) is 3.24. The molecule has 0 bridgehead atoms. The van der Waals surface area contributed by atoms with Gasteiger partial charge in [0.05, 0.1) is 9.92 Å². The molecule has 3 N–H and O–H groups in total. The molecule has 0 radical (unpaired) electrons. The van der Waals surface area contributed by atoms with Crippen molar-refractivity contribution in [3.05, 3.63) is 27.7 Å². The first-order valence-electron chi connectivity index (χ1n) is 4.98. The van der Waals surface area contributed by atoms with Crippen LogP contribution in [0.2, 0.25) is 5.02 Å². The molecular formula is C10H12BrClN2O3S. The molecular weight excluding hydrogens is 344 g/mol. The van der Waals surface area contributed by atoms with Gasteiger partial charge in [-0.2, -0.15) is 0 Å². The summed E-state index contributed by atoms with van der Waals surface area (Å²) in [5.41, 5.74) is 5.00. The molecule has 18 heavy (non-hydrogen) atoms. The average molecular weight is 356 g/mol. The highest BCUT2D eigenvalue weighted by atomic mass is 79.9. The van der Waals surface area contributed by atoms with Crippen LogP contribution in [0.3, 0.4) is 0 Å². The first-order chi connectivity index (χ1) is 8.22. The zero-order valence-corrected chi connectivity index (χ0v) is 12.6. The molecule has 1 aromatic rings. The number of hydrogen-bond acceptors (Lipinski definition) is 3. The normalized spacial score (nSPS) is 13.3. The summed E-state index contributed by atoms with van der Waals surface area (Å²) in [5, 5.41) is 0.416. The lowest BCUT2D eigenvalue weighted by atomic mass is 10.2. The van der Waals surface area contributed by atoms with Crippen molar-refractivity contribution in [1.29, 1.82) is 0 Å². The van der Waals surface area contributed by atoms with Gasteiger partial charge in [0, 0.05) is 16.9 Å². The number of rotatable bonds is 5. The van der Waals surface area contributed by atoms with E-state index < -0.39 is 22.0 Å². The van der Waals surface area contributed by atoms with E-state index in [0.717, 1.165) is 0 Å². The Morgan fingerprint density at radius 1 is 1.56 bits per heavy atom. The Morgan fingerprint density at radius 2 is 2.17 bits per heavy atom. The van der Waals surface area contributed by atoms with E-state index in [1.54, 1.807) is 6.92 Å². The average Bonchev–Trinajstić information content (AvgIpc) is 2.19. The van der Waals surface area contributed by atoms with E-state index in [0.29, 0.717) is 9.50 Å². The molecule has 1 amide bonds. The molecule has 0 saturated carbocycles. The molecule has 0 aliphatic carbocycles. The maximum Gasteiger partial charge on any atom is 0.240 e. The maximum absolute atomic E-state index is 12.0. The number of carbonyl (C=O) groups is 1. The number of benzene rings is 1. The second kappa shape index (κ2) is 6.01. The van der Waals surface area contributed by atoms with Gasteiger partial charge in [0.15, 0.2) is 0 Å². The van der Waals surface area contributed by atoms with Crippen LogP contribution in [0.4, 0.5) is 0 Å². The number of halogens is 2. The lowest BCUT2D eigenvalue weighted by molar-refractivity contribution is -0.118. The van der Waals surface area contributed by atoms with Gasteiger partial charge in [0.25, 0.3) is 0 Å². The van der Waals surface area contributed by atoms with E-state index in [9.17, 15) is 13.2 Å². The van der Waals surface area contributed by atoms with Gasteiger partial charge >= 0.3 is 0 Å². The topological polar surface area (TPSA) is 89.3 Å². The Labute approximate surface area is 119 Å². The number of sulfonamides is 1. The number of hydrogen-bond donors (Lipinski definition) is 2. The van der Waals surface area contributed by atoms with Crippen molar-refractivity contribution in [3.8, 4) is 0 Å². The van der Waals surface area contributed by atoms with Crippen LogP contribution < -0.4 is 10.5 Å². The summed E-state index contributed by atoms with van der Waals surface area (Å²) >= 11 is 8.93. The fraction of sp³-hybridized carbons (Fsp3) is 0.300. The minimum absolute atomic E-state index is 0.0615. The van der Waals surface area contributed by atoms with Crippen molar-refractivity contribution in [2.24, 2.45) is 5.73 Å². The predicted molar refractivity (Wildman–Crippen MR) is 72.7 cm³/mol. The van der Waals surface area contributed by atoms with Crippen molar-refractivity contribution in [2.75, 3.05) is 0 Å². The number of carbonyl (C=O) groups excluding carboxylic acids is 1. The minimum atomic E-state index is -3.69. The van der Waals surface area contributed by atoms with Gasteiger partial charge in [0.2, 0.25) is 15.9 Å². The molecule has 1 aromatic carbocycles. The van der Waals surface area contributed by atoms with E-state index in [1.807, 2.05) is 0 Å². The van der Waals surface area contributed by atoms with Crippen LogP contribution >= 0.6 is 27.5 Å². The first kappa shape index (κ1) is 15.4. The van der Waals surface area contributed by atoms with Gasteiger partial charge in [-0.1, -0.05) is 11.6 Å². The molecule has 0 fully saturated rings. The lowest BCUT2D eigenvalue weighted by Gasteiger charge is -2.12. The first-order valence-corrected chi connectivity index (χ1v) is 7.63. The van der Waals surface area contributed by atoms with Crippen LogP contribution in [-0.2, 0) is 14.8 Å². The molecule has 8 heteroatoms. The summed E-state index contributed by atoms with van der Waals surface area (Å²) < 4.78 is 26.8. The van der Waals surface area contributed by atoms with Crippen LogP contribution in [0.15, 0.2) is 27.6 Å². The fourth-order valence-electron chi connectivity index (χ4n) is 1.32. The Morgan fingerprint density at radius 3 is 2.67 bits per heavy atom. The summed E-state index contributed by atoms with van der Waals surface area (Å²) in [6.45, 7) is 1.56. The lowest BCUT2D eigenvalue weighted by Crippen LogP contribution is -2.35. The Balaban J connectivity index is 2.92. The molecule has 0 aliphatic heterocycles. The second-order valence-electron chi connectivity index (χ2n) is 3.77. The summed E-state index contributed by atoms with van der Waals surface area (Å²) in [6, 6.07) is 3.68. The van der Waals surface area contributed by atoms with Gasteiger partial charge in [-0.15, -0.1) is 0 Å². The van der Waals surface area contributed by atoms with Gasteiger partial charge in [-0.25, -0.2) is 13.1 Å². The number of nitrogens with two attached hydrogens (primary N) is 1. The zero-order chi connectivity index (χ0) is 13.9. The third-order valence-corrected chi connectivity index (χ3v) is 4.87. The highest BCUT2D eigenvalue weighted by molar-refractivity contribution is 9.10. The van der Waals surface area contributed by atoms with Crippen molar-refractivity contribution in [1.82, 2.24) is 4.72 Å². The van der Waals surface area contributed by atoms with Crippen LogP contribution in [0, 0.1) is 0 Å². The van der Waals surface area contributed by atoms with Gasteiger partial charge in [-0.3, -0.25) is 4.79 Å². The number of primary amides is 1. The third kappa shape index (κ3) is 4.24. The summed E-state index contributed by atoms with van der Waals surface area (Å²) in [6.07, 6.45) is -0.0615. The Kier molecular flexibility index (Phi) is 5.15. The SMILES string of the molecule is CC(CC(N)=O)NS(=O)(=O)c1ccc(Cl)c(Br)c1. The van der Waals surface area contributed by atoms with E-state index in [4.69, 9.17) is 17.3 Å². The summed E-state index contributed by atoms with van der Waals surface area (Å²) in [4.78, 5) is 10.8. The summed E-state index contributed by atoms with van der Waals surface area (Å²) in [7, 11) is -3.69. The van der Waals surface area contributed by atoms with Crippen molar-refractivity contribution in [3.63, 3.8) is 0 Å². The molecule has 5 nitrogen and oxygen atoms in total. The molecule has 0 spiro atoms. The molecule has 0 aromatic heterocycles. The molecule has 1 rings (SSSR count). The standard InChI is InChI=1S/C10H12BrClN2O3S/c1-6(4-10(13)15)14-18(16,17)7-2-3-9(12)8(11)5-7/h2-3,5-6,14H,4H2,1H3,(H2,13,15).